The summed E-state index contributed by atoms with van der Waals surface area (Å²) in [4.78, 5) is 21.2. The van der Waals surface area contributed by atoms with Crippen LogP contribution in [-0.2, 0) is 23.2 Å². The Balaban J connectivity index is -0.00000171. The van der Waals surface area contributed by atoms with Gasteiger partial charge < -0.3 is 14.6 Å². The van der Waals surface area contributed by atoms with E-state index in [1.54, 1.807) is 0 Å². The van der Waals surface area contributed by atoms with E-state index in [4.69, 9.17) is 13.7 Å². The van der Waals surface area contributed by atoms with Gasteiger partial charge in [0.2, 0.25) is 0 Å². The molecule has 0 aliphatic rings. The van der Waals surface area contributed by atoms with Gasteiger partial charge in [0, 0.05) is 6.08 Å². The largest absolute Gasteiger partial charge is 1.00 e. The minimum atomic E-state index is -1.42. The molecule has 6 nitrogen and oxygen atoms in total. The van der Waals surface area contributed by atoms with Gasteiger partial charge in [-0.15, -0.1) is 0 Å². The minimum absolute atomic E-state index is 0. The molecule has 0 aromatic heterocycles. The molecular weight excluding hydrogens is 411 g/mol. The molecule has 168 valence electrons. The fourth-order valence-corrected chi connectivity index (χ4v) is 3.01. The predicted octanol–water partition coefficient (Wildman–Crippen LogP) is 1.48. The number of carbonyl (C=O) groups is 2. The Morgan fingerprint density at radius 3 is 1.37 bits per heavy atom. The van der Waals surface area contributed by atoms with Crippen LogP contribution in [0, 0.1) is 0 Å². The average Bonchev–Trinajstić information content (AvgIpc) is 2.69. The van der Waals surface area contributed by atoms with Gasteiger partial charge in [0.25, 0.3) is 0 Å². The molecule has 0 saturated heterocycles. The van der Waals surface area contributed by atoms with Crippen molar-refractivity contribution in [3.8, 4) is 0 Å². The van der Waals surface area contributed by atoms with Crippen molar-refractivity contribution in [2.75, 3.05) is 6.61 Å². The number of esters is 1. The van der Waals surface area contributed by atoms with Crippen LogP contribution >= 0.6 is 0 Å². The summed E-state index contributed by atoms with van der Waals surface area (Å²) in [6, 6.07) is 0. The van der Waals surface area contributed by atoms with Crippen LogP contribution in [0.3, 0.4) is 0 Å². The van der Waals surface area contributed by atoms with E-state index in [1.165, 1.54) is 89.9 Å². The summed E-state index contributed by atoms with van der Waals surface area (Å²) in [7, 11) is -1.42. The first-order valence-electron chi connectivity index (χ1n) is 11.1. The van der Waals surface area contributed by atoms with Crippen LogP contribution in [0.1, 0.15) is 110 Å². The van der Waals surface area contributed by atoms with Crippen LogP contribution in [0.15, 0.2) is 12.2 Å². The summed E-state index contributed by atoms with van der Waals surface area (Å²) >= 11 is 0. The molecule has 0 rings (SSSR count). The molecule has 8 heteroatoms. The van der Waals surface area contributed by atoms with Crippen LogP contribution in [-0.4, -0.2) is 27.8 Å². The van der Waals surface area contributed by atoms with Gasteiger partial charge in [0.1, 0.15) is 0 Å². The standard InChI is InChI=1S/C22H40O4.Na.O2Si/c1-2-3-4-5-6-7-8-9-10-11-12-13-14-15-16-17-20-26-22(25)19-18-21(23)24;;1-3-2/h18-19H,2-17,20H2,1H3,(H,23,24);;/q;+1;/p-1/b19-18+;;. The first kappa shape index (κ1) is 34.1. The SMILES string of the molecule is CCCCCCCCCCCCCCCCCCOC(=O)/C=C/C(=O)[O-].O=[Si]=O.[Na+]. The van der Waals surface area contributed by atoms with E-state index in [0.29, 0.717) is 12.7 Å². The molecule has 0 amide bonds. The molecule has 0 unspecified atom stereocenters. The Bertz CT molecular complexity index is 451. The molecule has 0 saturated carbocycles. The third-order valence-electron chi connectivity index (χ3n) is 4.60. The summed E-state index contributed by atoms with van der Waals surface area (Å²) in [5, 5.41) is 10.1. The number of unbranched alkanes of at least 4 members (excludes halogenated alkanes) is 15. The molecule has 0 aliphatic heterocycles. The summed E-state index contributed by atoms with van der Waals surface area (Å²) in [5.74, 6) is -2.00. The smallest absolute Gasteiger partial charge is 0.545 e. The molecule has 0 radical (unpaired) electrons. The van der Waals surface area contributed by atoms with E-state index in [0.717, 1.165) is 18.9 Å². The fourth-order valence-electron chi connectivity index (χ4n) is 3.01. The Labute approximate surface area is 206 Å². The van der Waals surface area contributed by atoms with Gasteiger partial charge in [0.05, 0.1) is 12.6 Å². The van der Waals surface area contributed by atoms with Gasteiger partial charge in [-0.2, -0.15) is 0 Å². The zero-order valence-electron chi connectivity index (χ0n) is 19.1. The second-order valence-electron chi connectivity index (χ2n) is 7.21. The third-order valence-corrected chi connectivity index (χ3v) is 4.60. The maximum Gasteiger partial charge on any atom is 1.00 e. The van der Waals surface area contributed by atoms with Crippen molar-refractivity contribution in [3.63, 3.8) is 0 Å². The second-order valence-corrected chi connectivity index (χ2v) is 7.37. The normalized spacial score (nSPS) is 9.90. The molecule has 0 N–H and O–H groups in total. The summed E-state index contributed by atoms with van der Waals surface area (Å²) < 4.78 is 21.7. The van der Waals surface area contributed by atoms with Gasteiger partial charge >= 0.3 is 44.8 Å². The Kier molecular flexibility index (Phi) is 34.9. The molecular formula is C22H39NaO6Si. The average molecular weight is 451 g/mol. The predicted molar refractivity (Wildman–Crippen MR) is 112 cm³/mol. The van der Waals surface area contributed by atoms with Crippen LogP contribution in [0.5, 0.6) is 0 Å². The quantitative estimate of drug-likeness (QED) is 0.128. The number of ether oxygens (including phenoxy) is 1. The molecule has 0 heterocycles. The number of rotatable bonds is 19. The van der Waals surface area contributed by atoms with Crippen LogP contribution in [0.4, 0.5) is 0 Å². The van der Waals surface area contributed by atoms with Crippen LogP contribution in [0.2, 0.25) is 0 Å². The molecule has 0 bridgehead atoms. The third kappa shape index (κ3) is 35.0. The van der Waals surface area contributed by atoms with Crippen LogP contribution < -0.4 is 34.7 Å². The monoisotopic (exact) mass is 450 g/mol. The Hall–Kier alpha value is -0.503. The number of aliphatic carboxylic acids is 1. The van der Waals surface area contributed by atoms with Crippen molar-refractivity contribution < 1.29 is 57.9 Å². The van der Waals surface area contributed by atoms with E-state index in [-0.39, 0.29) is 29.6 Å². The van der Waals surface area contributed by atoms with Crippen molar-refractivity contribution in [2.24, 2.45) is 0 Å². The molecule has 0 fully saturated rings. The fraction of sp³-hybridized carbons (Fsp3) is 0.818. The van der Waals surface area contributed by atoms with E-state index < -0.39 is 21.2 Å². The number of hydrogen-bond donors (Lipinski definition) is 0. The van der Waals surface area contributed by atoms with Crippen molar-refractivity contribution in [2.45, 2.75) is 110 Å². The molecule has 0 atom stereocenters. The molecule has 0 aromatic rings. The summed E-state index contributed by atoms with van der Waals surface area (Å²) in [5.41, 5.74) is 0. The summed E-state index contributed by atoms with van der Waals surface area (Å²) in [6.45, 7) is 2.62. The molecule has 30 heavy (non-hydrogen) atoms. The maximum absolute atomic E-state index is 11.1. The van der Waals surface area contributed by atoms with Crippen LogP contribution in [0.25, 0.3) is 0 Å². The van der Waals surface area contributed by atoms with Gasteiger partial charge in [0.15, 0.2) is 0 Å². The van der Waals surface area contributed by atoms with Gasteiger partial charge in [-0.1, -0.05) is 103 Å². The number of carboxylic acid groups (broad SMARTS) is 1. The first-order chi connectivity index (χ1) is 14.1. The van der Waals surface area contributed by atoms with Gasteiger partial charge in [-0.05, 0) is 12.5 Å². The van der Waals surface area contributed by atoms with Crippen molar-refractivity contribution in [1.82, 2.24) is 0 Å². The van der Waals surface area contributed by atoms with E-state index in [2.05, 4.69) is 6.92 Å². The van der Waals surface area contributed by atoms with Gasteiger partial charge in [-0.3, -0.25) is 8.92 Å². The van der Waals surface area contributed by atoms with E-state index >= 15 is 0 Å². The van der Waals surface area contributed by atoms with Gasteiger partial charge in [-0.25, -0.2) is 4.79 Å². The first-order valence-corrected chi connectivity index (χ1v) is 11.9. The van der Waals surface area contributed by atoms with E-state index in [1.807, 2.05) is 0 Å². The van der Waals surface area contributed by atoms with E-state index in [9.17, 15) is 14.7 Å². The Morgan fingerprint density at radius 2 is 1.03 bits per heavy atom. The number of hydrogen-bond acceptors (Lipinski definition) is 6. The number of carbonyl (C=O) groups excluding carboxylic acids is 2. The second kappa shape index (κ2) is 30.7. The topological polar surface area (TPSA) is 101 Å². The zero-order valence-corrected chi connectivity index (χ0v) is 22.1. The minimum Gasteiger partial charge on any atom is -0.545 e. The van der Waals surface area contributed by atoms with Crippen molar-refractivity contribution in [1.29, 1.82) is 0 Å². The number of carboxylic acids is 1. The van der Waals surface area contributed by atoms with Crippen molar-refractivity contribution in [3.05, 3.63) is 12.2 Å². The molecule has 0 aliphatic carbocycles. The maximum atomic E-state index is 11.1. The van der Waals surface area contributed by atoms with Crippen molar-refractivity contribution >= 4 is 21.2 Å². The zero-order chi connectivity index (χ0) is 22.0. The molecule has 0 aromatic carbocycles. The summed E-state index contributed by atoms with van der Waals surface area (Å²) in [6.07, 6.45) is 22.4. The molecule has 0 spiro atoms. The Morgan fingerprint density at radius 1 is 0.700 bits per heavy atom.